The van der Waals surface area contributed by atoms with E-state index >= 15 is 0 Å². The Kier molecular flexibility index (Phi) is 11.7. The van der Waals surface area contributed by atoms with Crippen molar-refractivity contribution in [3.8, 4) is 28.7 Å². The van der Waals surface area contributed by atoms with Crippen LogP contribution in [0.15, 0.2) is 66.9 Å². The van der Waals surface area contributed by atoms with Crippen LogP contribution in [-0.2, 0) is 14.3 Å². The van der Waals surface area contributed by atoms with Gasteiger partial charge in [0.1, 0.15) is 29.5 Å². The molecule has 0 amide bonds. The van der Waals surface area contributed by atoms with Crippen LogP contribution in [0.2, 0.25) is 0 Å². The summed E-state index contributed by atoms with van der Waals surface area (Å²) in [5.41, 5.74) is -0.110. The highest BCUT2D eigenvalue weighted by Gasteiger charge is 2.34. The molecule has 3 rings (SSSR count). The molecule has 0 unspecified atom stereocenters. The zero-order valence-corrected chi connectivity index (χ0v) is 24.7. The Bertz CT molecular complexity index is 1330. The molecular weight excluding hydrogens is 542 g/mol. The number of carbonyl (C=O) groups excluding carboxylic acids is 3. The van der Waals surface area contributed by atoms with Gasteiger partial charge in [0, 0.05) is 25.6 Å². The maximum absolute atomic E-state index is 13.2. The number of hydrogen-bond acceptors (Lipinski definition) is 10. The third kappa shape index (κ3) is 8.70. The fourth-order valence-corrected chi connectivity index (χ4v) is 4.20. The number of carbonyl (C=O) groups is 3. The van der Waals surface area contributed by atoms with Gasteiger partial charge in [-0.2, -0.15) is 0 Å². The average molecular weight is 580 g/mol. The third-order valence-electron chi connectivity index (χ3n) is 6.39. The van der Waals surface area contributed by atoms with E-state index in [4.69, 9.17) is 28.4 Å². The summed E-state index contributed by atoms with van der Waals surface area (Å²) >= 11 is 0. The van der Waals surface area contributed by atoms with Gasteiger partial charge in [0.25, 0.3) is 0 Å². The monoisotopic (exact) mass is 579 g/mol. The van der Waals surface area contributed by atoms with Gasteiger partial charge in [-0.25, -0.2) is 4.98 Å². The number of aromatic nitrogens is 1. The second-order valence-electron chi connectivity index (χ2n) is 9.59. The lowest BCUT2D eigenvalue weighted by atomic mass is 10.0. The van der Waals surface area contributed by atoms with E-state index in [1.165, 1.54) is 26.3 Å². The van der Waals surface area contributed by atoms with Gasteiger partial charge >= 0.3 is 11.9 Å². The van der Waals surface area contributed by atoms with Crippen LogP contribution in [-0.4, -0.2) is 55.2 Å². The topological polar surface area (TPSA) is 119 Å². The fourth-order valence-electron chi connectivity index (χ4n) is 4.20. The van der Waals surface area contributed by atoms with Gasteiger partial charge in [-0.15, -0.1) is 0 Å². The Hall–Kier alpha value is -4.60. The molecule has 10 nitrogen and oxygen atoms in total. The predicted molar refractivity (Wildman–Crippen MR) is 154 cm³/mol. The van der Waals surface area contributed by atoms with E-state index in [1.807, 2.05) is 37.3 Å². The number of para-hydroxylation sites is 1. The van der Waals surface area contributed by atoms with Crippen molar-refractivity contribution in [2.24, 2.45) is 5.92 Å². The summed E-state index contributed by atoms with van der Waals surface area (Å²) in [7, 11) is 2.97. The molecule has 0 aliphatic carbocycles. The van der Waals surface area contributed by atoms with Gasteiger partial charge < -0.3 is 28.4 Å². The van der Waals surface area contributed by atoms with Crippen molar-refractivity contribution in [1.82, 2.24) is 4.98 Å². The van der Waals surface area contributed by atoms with Crippen molar-refractivity contribution in [2.45, 2.75) is 58.8 Å². The molecule has 3 aromatic rings. The molecule has 0 fully saturated rings. The van der Waals surface area contributed by atoms with Gasteiger partial charge in [0.2, 0.25) is 5.75 Å². The van der Waals surface area contributed by atoms with E-state index in [1.54, 1.807) is 45.2 Å². The number of ether oxygens (including phenoxy) is 6. The molecule has 4 atom stereocenters. The quantitative estimate of drug-likeness (QED) is 0.169. The van der Waals surface area contributed by atoms with Crippen molar-refractivity contribution >= 4 is 17.7 Å². The summed E-state index contributed by atoms with van der Waals surface area (Å²) in [6.07, 6.45) is -0.218. The van der Waals surface area contributed by atoms with Crippen molar-refractivity contribution in [3.63, 3.8) is 0 Å². The normalized spacial score (nSPS) is 13.6. The van der Waals surface area contributed by atoms with Crippen LogP contribution < -0.4 is 23.7 Å². The largest absolute Gasteiger partial charge is 0.497 e. The van der Waals surface area contributed by atoms with Crippen LogP contribution in [0, 0.1) is 5.92 Å². The average Bonchev–Trinajstić information content (AvgIpc) is 2.99. The van der Waals surface area contributed by atoms with Crippen LogP contribution in [0.3, 0.4) is 0 Å². The Morgan fingerprint density at radius 2 is 1.48 bits per heavy atom. The maximum Gasteiger partial charge on any atom is 0.309 e. The number of rotatable bonds is 15. The number of Topliss-reactive ketones (excluding diaryl/α,β-unsaturated/α-hetero) is 1. The van der Waals surface area contributed by atoms with E-state index in [0.29, 0.717) is 23.7 Å². The van der Waals surface area contributed by atoms with Crippen LogP contribution >= 0.6 is 0 Å². The molecule has 1 aromatic heterocycles. The smallest absolute Gasteiger partial charge is 0.309 e. The van der Waals surface area contributed by atoms with E-state index in [2.05, 4.69) is 4.98 Å². The summed E-state index contributed by atoms with van der Waals surface area (Å²) in [5.74, 6) is -0.602. The SMILES string of the molecule is CC[C@H](Oc1ccc(OC)cc1)[C@@H](Oc1ccccc1)[C@H](C)OC(=O)[C@H](C)CC(=O)c1nccc(OC)c1OC(C)=O. The minimum atomic E-state index is -0.835. The first kappa shape index (κ1) is 31.9. The van der Waals surface area contributed by atoms with E-state index in [9.17, 15) is 14.4 Å². The second kappa shape index (κ2) is 15.4. The number of hydrogen-bond donors (Lipinski definition) is 0. The second-order valence-corrected chi connectivity index (χ2v) is 9.59. The lowest BCUT2D eigenvalue weighted by molar-refractivity contribution is -0.160. The van der Waals surface area contributed by atoms with E-state index in [0.717, 1.165) is 0 Å². The number of ketones is 1. The van der Waals surface area contributed by atoms with Gasteiger partial charge in [-0.1, -0.05) is 32.0 Å². The van der Waals surface area contributed by atoms with Crippen LogP contribution in [0.5, 0.6) is 28.7 Å². The molecule has 0 spiro atoms. The van der Waals surface area contributed by atoms with Gasteiger partial charge in [-0.3, -0.25) is 14.4 Å². The summed E-state index contributed by atoms with van der Waals surface area (Å²) < 4.78 is 34.0. The van der Waals surface area contributed by atoms with Gasteiger partial charge in [0.05, 0.1) is 20.1 Å². The molecule has 42 heavy (non-hydrogen) atoms. The highest BCUT2D eigenvalue weighted by Crippen LogP contribution is 2.31. The number of methoxy groups -OCH3 is 2. The highest BCUT2D eigenvalue weighted by atomic mass is 16.6. The standard InChI is InChI=1S/C32H37NO9/c1-7-27(41-25-15-13-23(37-5)14-16-25)30(42-24-11-9-8-10-12-24)21(3)39-32(36)20(2)19-26(35)29-31(40-22(4)34)28(38-6)17-18-33-29/h8-18,20-21,27,30H,7,19H2,1-6H3/t20-,21+,27+,30+/m1/s1. The lowest BCUT2D eigenvalue weighted by Crippen LogP contribution is -2.46. The molecule has 2 aromatic carbocycles. The Balaban J connectivity index is 1.76. The fraction of sp³-hybridized carbons (Fsp3) is 0.375. The molecule has 0 aliphatic heterocycles. The molecule has 0 aliphatic rings. The zero-order chi connectivity index (χ0) is 30.6. The first-order valence-electron chi connectivity index (χ1n) is 13.6. The minimum Gasteiger partial charge on any atom is -0.497 e. The number of pyridine rings is 1. The van der Waals surface area contributed by atoms with Crippen LogP contribution in [0.4, 0.5) is 0 Å². The van der Waals surface area contributed by atoms with Crippen LogP contribution in [0.25, 0.3) is 0 Å². The molecule has 0 radical (unpaired) electrons. The van der Waals surface area contributed by atoms with Gasteiger partial charge in [-0.05, 0) is 49.7 Å². The first-order valence-corrected chi connectivity index (χ1v) is 13.6. The summed E-state index contributed by atoms with van der Waals surface area (Å²) in [4.78, 5) is 42.0. The van der Waals surface area contributed by atoms with E-state index < -0.39 is 42.0 Å². The Morgan fingerprint density at radius 3 is 2.07 bits per heavy atom. The van der Waals surface area contributed by atoms with Crippen molar-refractivity contribution < 1.29 is 42.8 Å². The Morgan fingerprint density at radius 1 is 0.833 bits per heavy atom. The first-order chi connectivity index (χ1) is 20.2. The molecule has 10 heteroatoms. The summed E-state index contributed by atoms with van der Waals surface area (Å²) in [6, 6.07) is 17.8. The lowest BCUT2D eigenvalue weighted by Gasteiger charge is -2.32. The van der Waals surface area contributed by atoms with Crippen LogP contribution in [0.1, 0.15) is 51.0 Å². The summed E-state index contributed by atoms with van der Waals surface area (Å²) in [5, 5.41) is 0. The maximum atomic E-state index is 13.2. The van der Waals surface area contributed by atoms with Gasteiger partial charge in [0.15, 0.2) is 23.3 Å². The molecule has 224 valence electrons. The molecular formula is C32H37NO9. The zero-order valence-electron chi connectivity index (χ0n) is 24.7. The third-order valence-corrected chi connectivity index (χ3v) is 6.39. The molecule has 0 N–H and O–H groups in total. The number of benzene rings is 2. The number of nitrogens with zero attached hydrogens (tertiary/aromatic N) is 1. The van der Waals surface area contributed by atoms with Crippen molar-refractivity contribution in [1.29, 1.82) is 0 Å². The summed E-state index contributed by atoms with van der Waals surface area (Å²) in [6.45, 7) is 6.46. The molecule has 0 saturated carbocycles. The highest BCUT2D eigenvalue weighted by molar-refractivity contribution is 5.99. The van der Waals surface area contributed by atoms with Crippen molar-refractivity contribution in [2.75, 3.05) is 14.2 Å². The molecule has 0 saturated heterocycles. The Labute approximate surface area is 245 Å². The minimum absolute atomic E-state index is 0.0933. The number of esters is 2. The molecule has 1 heterocycles. The van der Waals surface area contributed by atoms with Crippen molar-refractivity contribution in [3.05, 3.63) is 72.6 Å². The molecule has 0 bridgehead atoms. The predicted octanol–water partition coefficient (Wildman–Crippen LogP) is 5.47. The van der Waals surface area contributed by atoms with E-state index in [-0.39, 0.29) is 23.6 Å².